The molecule has 1 aromatic heterocycles. The van der Waals surface area contributed by atoms with Crippen LogP contribution < -0.4 is 0 Å². The summed E-state index contributed by atoms with van der Waals surface area (Å²) >= 11 is 1.61. The first-order valence-electron chi connectivity index (χ1n) is 5.90. The zero-order valence-electron chi connectivity index (χ0n) is 10.3. The summed E-state index contributed by atoms with van der Waals surface area (Å²) < 4.78 is 1.75. The van der Waals surface area contributed by atoms with Crippen molar-refractivity contribution in [3.05, 3.63) is 29.8 Å². The Morgan fingerprint density at radius 3 is 3.00 bits per heavy atom. The van der Waals surface area contributed by atoms with Crippen LogP contribution in [0.15, 0.2) is 29.4 Å². The van der Waals surface area contributed by atoms with Gasteiger partial charge in [0, 0.05) is 12.4 Å². The van der Waals surface area contributed by atoms with Crippen molar-refractivity contribution in [2.45, 2.75) is 24.9 Å². The molecule has 0 bridgehead atoms. The molecular formula is C12H16N4OS. The summed E-state index contributed by atoms with van der Waals surface area (Å²) in [5, 5.41) is 21.3. The van der Waals surface area contributed by atoms with Crippen molar-refractivity contribution in [2.24, 2.45) is 0 Å². The fraction of sp³-hybridized carbons (Fsp3) is 0.417. The molecule has 0 amide bonds. The lowest BCUT2D eigenvalue weighted by Gasteiger charge is -2.04. The first-order chi connectivity index (χ1) is 8.81. The second-order valence-corrected chi connectivity index (χ2v) is 5.05. The Kier molecular flexibility index (Phi) is 4.72. The van der Waals surface area contributed by atoms with Crippen LogP contribution >= 0.6 is 11.8 Å². The average molecular weight is 264 g/mol. The topological polar surface area (TPSA) is 63.8 Å². The monoisotopic (exact) mass is 264 g/mol. The third kappa shape index (κ3) is 3.30. The Hall–Kier alpha value is -1.40. The molecule has 0 saturated carbocycles. The van der Waals surface area contributed by atoms with Crippen molar-refractivity contribution in [2.75, 3.05) is 12.4 Å². The summed E-state index contributed by atoms with van der Waals surface area (Å²) in [4.78, 5) is 0. The average Bonchev–Trinajstić information content (AvgIpc) is 2.83. The molecule has 0 saturated heterocycles. The molecule has 2 aromatic rings. The summed E-state index contributed by atoms with van der Waals surface area (Å²) in [5.41, 5.74) is 2.16. The molecule has 6 heteroatoms. The SMILES string of the molecule is Cc1cccc(-n2nnnc2SCCCCO)c1. The number of benzene rings is 1. The highest BCUT2D eigenvalue weighted by molar-refractivity contribution is 7.99. The number of rotatable bonds is 6. The number of aryl methyl sites for hydroxylation is 1. The number of tetrazole rings is 1. The lowest BCUT2D eigenvalue weighted by molar-refractivity contribution is 0.287. The van der Waals surface area contributed by atoms with Gasteiger partial charge in [0.05, 0.1) is 5.69 Å². The standard InChI is InChI=1S/C12H16N4OS/c1-10-5-4-6-11(9-10)16-12(13-14-15-16)18-8-3-2-7-17/h4-6,9,17H,2-3,7-8H2,1H3. The molecule has 0 fully saturated rings. The van der Waals surface area contributed by atoms with E-state index in [1.54, 1.807) is 16.4 Å². The largest absolute Gasteiger partial charge is 0.396 e. The number of nitrogens with zero attached hydrogens (tertiary/aromatic N) is 4. The van der Waals surface area contributed by atoms with E-state index < -0.39 is 0 Å². The molecule has 0 atom stereocenters. The van der Waals surface area contributed by atoms with Crippen LogP contribution in [0.4, 0.5) is 0 Å². The minimum absolute atomic E-state index is 0.239. The van der Waals surface area contributed by atoms with Gasteiger partial charge < -0.3 is 5.11 Å². The fourth-order valence-electron chi connectivity index (χ4n) is 1.57. The molecule has 0 spiro atoms. The Labute approximate surface area is 110 Å². The number of aliphatic hydroxyl groups is 1. The zero-order valence-corrected chi connectivity index (χ0v) is 11.1. The van der Waals surface area contributed by atoms with Gasteiger partial charge in [-0.25, -0.2) is 0 Å². The van der Waals surface area contributed by atoms with Crippen LogP contribution in [-0.2, 0) is 0 Å². The fourth-order valence-corrected chi connectivity index (χ4v) is 2.46. The lowest BCUT2D eigenvalue weighted by atomic mass is 10.2. The van der Waals surface area contributed by atoms with Crippen LogP contribution in [0.2, 0.25) is 0 Å². The highest BCUT2D eigenvalue weighted by Crippen LogP contribution is 2.19. The van der Waals surface area contributed by atoms with Crippen molar-refractivity contribution in [1.82, 2.24) is 20.2 Å². The Morgan fingerprint density at radius 1 is 1.33 bits per heavy atom. The quantitative estimate of drug-likeness (QED) is 0.637. The summed E-state index contributed by atoms with van der Waals surface area (Å²) in [7, 11) is 0. The number of unbranched alkanes of at least 4 members (excludes halogenated alkanes) is 1. The maximum atomic E-state index is 8.73. The van der Waals surface area contributed by atoms with E-state index in [4.69, 9.17) is 5.11 Å². The maximum absolute atomic E-state index is 8.73. The number of aromatic nitrogens is 4. The van der Waals surface area contributed by atoms with Gasteiger partial charge in [-0.05, 0) is 47.9 Å². The van der Waals surface area contributed by atoms with Crippen molar-refractivity contribution < 1.29 is 5.11 Å². The predicted octanol–water partition coefficient (Wildman–Crippen LogP) is 1.84. The first-order valence-corrected chi connectivity index (χ1v) is 6.89. The van der Waals surface area contributed by atoms with Crippen LogP contribution in [0.25, 0.3) is 5.69 Å². The molecule has 96 valence electrons. The molecule has 0 radical (unpaired) electrons. The van der Waals surface area contributed by atoms with Crippen molar-refractivity contribution in [3.63, 3.8) is 0 Å². The second kappa shape index (κ2) is 6.51. The highest BCUT2D eigenvalue weighted by Gasteiger charge is 2.08. The van der Waals surface area contributed by atoms with Crippen molar-refractivity contribution >= 4 is 11.8 Å². The highest BCUT2D eigenvalue weighted by atomic mass is 32.2. The Morgan fingerprint density at radius 2 is 2.22 bits per heavy atom. The molecule has 5 nitrogen and oxygen atoms in total. The Balaban J connectivity index is 2.08. The van der Waals surface area contributed by atoms with Gasteiger partial charge in [0.2, 0.25) is 5.16 Å². The molecule has 2 rings (SSSR count). The van der Waals surface area contributed by atoms with E-state index in [2.05, 4.69) is 15.5 Å². The molecule has 1 aromatic carbocycles. The molecule has 0 aliphatic rings. The smallest absolute Gasteiger partial charge is 0.214 e. The van der Waals surface area contributed by atoms with Crippen LogP contribution in [0.5, 0.6) is 0 Å². The third-order valence-electron chi connectivity index (χ3n) is 2.47. The van der Waals surface area contributed by atoms with Gasteiger partial charge >= 0.3 is 0 Å². The summed E-state index contributed by atoms with van der Waals surface area (Å²) in [5.74, 6) is 0.909. The zero-order chi connectivity index (χ0) is 12.8. The van der Waals surface area contributed by atoms with Gasteiger partial charge in [-0.3, -0.25) is 0 Å². The minimum atomic E-state index is 0.239. The normalized spacial score (nSPS) is 10.8. The van der Waals surface area contributed by atoms with Crippen molar-refractivity contribution in [1.29, 1.82) is 0 Å². The first kappa shape index (κ1) is 13.0. The van der Waals surface area contributed by atoms with Gasteiger partial charge in [0.15, 0.2) is 0 Å². The molecule has 0 unspecified atom stereocenters. The van der Waals surface area contributed by atoms with Crippen LogP contribution in [0.1, 0.15) is 18.4 Å². The van der Waals surface area contributed by atoms with E-state index in [9.17, 15) is 0 Å². The van der Waals surface area contributed by atoms with E-state index in [0.717, 1.165) is 29.4 Å². The minimum Gasteiger partial charge on any atom is -0.396 e. The van der Waals surface area contributed by atoms with E-state index in [0.29, 0.717) is 0 Å². The lowest BCUT2D eigenvalue weighted by Crippen LogP contribution is -1.99. The van der Waals surface area contributed by atoms with E-state index in [1.807, 2.05) is 31.2 Å². The molecule has 18 heavy (non-hydrogen) atoms. The number of aliphatic hydroxyl groups excluding tert-OH is 1. The maximum Gasteiger partial charge on any atom is 0.214 e. The summed E-state index contributed by atoms with van der Waals surface area (Å²) in [6.45, 7) is 2.28. The number of thioether (sulfide) groups is 1. The third-order valence-corrected chi connectivity index (χ3v) is 3.48. The molecule has 1 heterocycles. The molecule has 0 aliphatic heterocycles. The Bertz CT molecular complexity index is 500. The van der Waals surface area contributed by atoms with Crippen molar-refractivity contribution in [3.8, 4) is 5.69 Å². The van der Waals surface area contributed by atoms with Crippen LogP contribution in [0, 0.1) is 6.92 Å². The van der Waals surface area contributed by atoms with Crippen LogP contribution in [0.3, 0.4) is 0 Å². The summed E-state index contributed by atoms with van der Waals surface area (Å²) in [6.07, 6.45) is 1.78. The van der Waals surface area contributed by atoms with Gasteiger partial charge in [-0.1, -0.05) is 23.9 Å². The summed E-state index contributed by atoms with van der Waals surface area (Å²) in [6, 6.07) is 8.07. The van der Waals surface area contributed by atoms with Gasteiger partial charge in [0.1, 0.15) is 0 Å². The van der Waals surface area contributed by atoms with Gasteiger partial charge in [-0.2, -0.15) is 4.68 Å². The van der Waals surface area contributed by atoms with E-state index >= 15 is 0 Å². The van der Waals surface area contributed by atoms with Gasteiger partial charge in [-0.15, -0.1) is 5.10 Å². The molecular weight excluding hydrogens is 248 g/mol. The van der Waals surface area contributed by atoms with E-state index in [-0.39, 0.29) is 6.61 Å². The number of hydrogen-bond donors (Lipinski definition) is 1. The number of hydrogen-bond acceptors (Lipinski definition) is 5. The predicted molar refractivity (Wildman–Crippen MR) is 70.9 cm³/mol. The van der Waals surface area contributed by atoms with Gasteiger partial charge in [0.25, 0.3) is 0 Å². The van der Waals surface area contributed by atoms with E-state index in [1.165, 1.54) is 5.56 Å². The second-order valence-electron chi connectivity index (χ2n) is 3.99. The molecule has 1 N–H and O–H groups in total. The molecule has 0 aliphatic carbocycles. The van der Waals surface area contributed by atoms with Crippen LogP contribution in [-0.4, -0.2) is 37.7 Å².